The molecule has 3 aromatic carbocycles. The molecular weight excluding hydrogens is 383 g/mol. The summed E-state index contributed by atoms with van der Waals surface area (Å²) in [5.41, 5.74) is 1.84. The fourth-order valence-electron chi connectivity index (χ4n) is 2.80. The Labute approximate surface area is 165 Å². The molecule has 1 N–H and O–H groups in total. The van der Waals surface area contributed by atoms with Crippen LogP contribution in [0.3, 0.4) is 0 Å². The molecule has 0 aliphatic heterocycles. The Morgan fingerprint density at radius 3 is 2.36 bits per heavy atom. The largest absolute Gasteiger partial charge is 0.372 e. The van der Waals surface area contributed by atoms with Crippen LogP contribution in [-0.2, 0) is 11.2 Å². The van der Waals surface area contributed by atoms with Crippen molar-refractivity contribution in [3.8, 4) is 0 Å². The van der Waals surface area contributed by atoms with Crippen LogP contribution in [-0.4, -0.2) is 10.7 Å². The van der Waals surface area contributed by atoms with Crippen molar-refractivity contribution in [2.75, 3.05) is 5.32 Å². The lowest BCUT2D eigenvalue weighted by molar-refractivity contribution is -0.384. The van der Waals surface area contributed by atoms with Crippen LogP contribution in [0.15, 0.2) is 72.8 Å². The smallest absolute Gasteiger partial charge is 0.269 e. The molecule has 0 radical (unpaired) electrons. The van der Waals surface area contributed by atoms with Crippen LogP contribution in [0.2, 0.25) is 5.02 Å². The highest BCUT2D eigenvalue weighted by molar-refractivity contribution is 6.30. The number of nitrogens with zero attached hydrogens (tertiary/aromatic N) is 1. The third-order valence-electron chi connectivity index (χ3n) is 4.18. The molecule has 0 bridgehead atoms. The van der Waals surface area contributed by atoms with E-state index in [-0.39, 0.29) is 17.9 Å². The van der Waals surface area contributed by atoms with Crippen LogP contribution in [0, 0.1) is 15.9 Å². The molecular formula is C21H16ClFN2O3. The molecule has 3 aromatic rings. The van der Waals surface area contributed by atoms with Crippen molar-refractivity contribution in [2.24, 2.45) is 0 Å². The summed E-state index contributed by atoms with van der Waals surface area (Å²) < 4.78 is 13.3. The van der Waals surface area contributed by atoms with Crippen molar-refractivity contribution < 1.29 is 14.1 Å². The number of carbonyl (C=O) groups is 1. The predicted molar refractivity (Wildman–Crippen MR) is 106 cm³/mol. The monoisotopic (exact) mass is 398 g/mol. The minimum absolute atomic E-state index is 0.0471. The van der Waals surface area contributed by atoms with Gasteiger partial charge in [-0.3, -0.25) is 14.9 Å². The molecule has 1 unspecified atom stereocenters. The van der Waals surface area contributed by atoms with Gasteiger partial charge < -0.3 is 5.32 Å². The number of anilines is 1. The molecule has 0 aliphatic rings. The van der Waals surface area contributed by atoms with Gasteiger partial charge in [-0.1, -0.05) is 35.9 Å². The molecule has 142 valence electrons. The van der Waals surface area contributed by atoms with Crippen LogP contribution in [0.5, 0.6) is 0 Å². The van der Waals surface area contributed by atoms with E-state index in [0.29, 0.717) is 16.3 Å². The van der Waals surface area contributed by atoms with E-state index < -0.39 is 16.8 Å². The highest BCUT2D eigenvalue weighted by Crippen LogP contribution is 2.25. The van der Waals surface area contributed by atoms with Crippen molar-refractivity contribution in [1.29, 1.82) is 0 Å². The summed E-state index contributed by atoms with van der Waals surface area (Å²) in [6.45, 7) is 0. The maximum Gasteiger partial charge on any atom is 0.269 e. The van der Waals surface area contributed by atoms with Gasteiger partial charge in [-0.05, 0) is 47.5 Å². The molecule has 5 nitrogen and oxygen atoms in total. The third-order valence-corrected chi connectivity index (χ3v) is 4.42. The molecule has 0 heterocycles. The molecule has 0 saturated carbocycles. The summed E-state index contributed by atoms with van der Waals surface area (Å²) in [6.07, 6.45) is 0.128. The average molecular weight is 399 g/mol. The lowest BCUT2D eigenvalue weighted by Gasteiger charge is -2.19. The Balaban J connectivity index is 1.87. The Kier molecular flexibility index (Phi) is 6.01. The first-order valence-corrected chi connectivity index (χ1v) is 8.84. The highest BCUT2D eigenvalue weighted by atomic mass is 35.5. The zero-order chi connectivity index (χ0) is 20.1. The van der Waals surface area contributed by atoms with Crippen molar-refractivity contribution in [3.63, 3.8) is 0 Å². The zero-order valence-corrected chi connectivity index (χ0v) is 15.4. The molecule has 0 spiro atoms. The summed E-state index contributed by atoms with van der Waals surface area (Å²) in [4.78, 5) is 23.3. The average Bonchev–Trinajstić information content (AvgIpc) is 2.67. The van der Waals surface area contributed by atoms with Gasteiger partial charge in [-0.25, -0.2) is 4.39 Å². The number of Topliss-reactive ketones (excluding diaryl/α,β-unsaturated/α-hetero) is 1. The summed E-state index contributed by atoms with van der Waals surface area (Å²) in [6, 6.07) is 17.7. The van der Waals surface area contributed by atoms with Gasteiger partial charge in [0, 0.05) is 29.3 Å². The number of non-ortho nitro benzene ring substituents is 1. The van der Waals surface area contributed by atoms with Gasteiger partial charge in [-0.2, -0.15) is 0 Å². The number of hydrogen-bond acceptors (Lipinski definition) is 4. The Hall–Kier alpha value is -3.25. The van der Waals surface area contributed by atoms with Gasteiger partial charge in [-0.15, -0.1) is 0 Å². The Morgan fingerprint density at radius 2 is 1.75 bits per heavy atom. The van der Waals surface area contributed by atoms with Crippen molar-refractivity contribution in [1.82, 2.24) is 0 Å². The SMILES string of the molecule is O=C(Cc1cccc(Cl)c1)C(Nc1ccc([N+](=O)[O-])cc1)c1ccc(F)cc1. The summed E-state index contributed by atoms with van der Waals surface area (Å²) >= 11 is 5.99. The molecule has 0 saturated heterocycles. The van der Waals surface area contributed by atoms with Crippen LogP contribution in [0.25, 0.3) is 0 Å². The van der Waals surface area contributed by atoms with E-state index in [1.54, 1.807) is 24.3 Å². The standard InChI is InChI=1S/C21H16ClFN2O3/c22-16-3-1-2-14(12-16)13-20(26)21(15-4-6-17(23)7-5-15)24-18-8-10-19(11-9-18)25(27)28/h1-12,21,24H,13H2. The van der Waals surface area contributed by atoms with Gasteiger partial charge in [0.05, 0.1) is 4.92 Å². The lowest BCUT2D eigenvalue weighted by Crippen LogP contribution is -2.23. The molecule has 0 fully saturated rings. The maximum absolute atomic E-state index is 13.3. The Morgan fingerprint density at radius 1 is 1.07 bits per heavy atom. The number of nitrogens with one attached hydrogen (secondary N) is 1. The fourth-order valence-corrected chi connectivity index (χ4v) is 3.01. The molecule has 3 rings (SSSR count). The fraction of sp³-hybridized carbons (Fsp3) is 0.0952. The molecule has 7 heteroatoms. The second-order valence-electron chi connectivity index (χ2n) is 6.21. The topological polar surface area (TPSA) is 72.2 Å². The van der Waals surface area contributed by atoms with Crippen LogP contribution in [0.4, 0.5) is 15.8 Å². The maximum atomic E-state index is 13.3. The highest BCUT2D eigenvalue weighted by Gasteiger charge is 2.21. The first-order valence-electron chi connectivity index (χ1n) is 8.46. The van der Waals surface area contributed by atoms with Gasteiger partial charge in [0.1, 0.15) is 11.9 Å². The van der Waals surface area contributed by atoms with E-state index in [9.17, 15) is 19.3 Å². The first kappa shape index (κ1) is 19.5. The molecule has 0 aromatic heterocycles. The molecule has 1 atom stereocenters. The number of nitro benzene ring substituents is 1. The van der Waals surface area contributed by atoms with Gasteiger partial charge in [0.2, 0.25) is 0 Å². The quantitative estimate of drug-likeness (QED) is 0.430. The summed E-state index contributed by atoms with van der Waals surface area (Å²) in [5.74, 6) is -0.549. The minimum Gasteiger partial charge on any atom is -0.372 e. The predicted octanol–water partition coefficient (Wildman–Crippen LogP) is 5.35. The minimum atomic E-state index is -0.749. The van der Waals surface area contributed by atoms with E-state index >= 15 is 0 Å². The van der Waals surface area contributed by atoms with E-state index in [0.717, 1.165) is 5.56 Å². The van der Waals surface area contributed by atoms with Gasteiger partial charge in [0.25, 0.3) is 5.69 Å². The second-order valence-corrected chi connectivity index (χ2v) is 6.64. The number of halogens is 2. The second kappa shape index (κ2) is 8.63. The van der Waals surface area contributed by atoms with E-state index in [4.69, 9.17) is 11.6 Å². The Bertz CT molecular complexity index is 991. The summed E-state index contributed by atoms with van der Waals surface area (Å²) in [5, 5.41) is 14.4. The first-order chi connectivity index (χ1) is 13.4. The van der Waals surface area contributed by atoms with Gasteiger partial charge in [0.15, 0.2) is 5.78 Å². The lowest BCUT2D eigenvalue weighted by atomic mass is 9.97. The molecule has 0 aliphatic carbocycles. The van der Waals surface area contributed by atoms with Crippen molar-refractivity contribution in [2.45, 2.75) is 12.5 Å². The van der Waals surface area contributed by atoms with Crippen LogP contribution in [0.1, 0.15) is 17.2 Å². The number of nitro groups is 1. The van der Waals surface area contributed by atoms with Crippen LogP contribution >= 0.6 is 11.6 Å². The van der Waals surface area contributed by atoms with Crippen molar-refractivity contribution >= 4 is 28.8 Å². The molecule has 0 amide bonds. The van der Waals surface area contributed by atoms with E-state index in [1.165, 1.54) is 48.5 Å². The number of carbonyl (C=O) groups excluding carboxylic acids is 1. The normalized spacial score (nSPS) is 11.6. The third kappa shape index (κ3) is 4.92. The molecule has 28 heavy (non-hydrogen) atoms. The number of hydrogen-bond donors (Lipinski definition) is 1. The van der Waals surface area contributed by atoms with E-state index in [2.05, 4.69) is 5.32 Å². The number of rotatable bonds is 7. The number of ketones is 1. The van der Waals surface area contributed by atoms with Gasteiger partial charge >= 0.3 is 0 Å². The number of benzene rings is 3. The summed E-state index contributed by atoms with van der Waals surface area (Å²) in [7, 11) is 0. The van der Waals surface area contributed by atoms with Crippen molar-refractivity contribution in [3.05, 3.63) is 105 Å². The van der Waals surface area contributed by atoms with E-state index in [1.807, 2.05) is 0 Å². The zero-order valence-electron chi connectivity index (χ0n) is 14.6. The van der Waals surface area contributed by atoms with Crippen LogP contribution < -0.4 is 5.32 Å².